The number of ether oxygens (including phenoxy) is 1. The second-order valence-corrected chi connectivity index (χ2v) is 3.42. The molecule has 4 nitrogen and oxygen atoms in total. The summed E-state index contributed by atoms with van der Waals surface area (Å²) >= 11 is 0. The van der Waals surface area contributed by atoms with E-state index in [9.17, 15) is 9.90 Å². The fourth-order valence-corrected chi connectivity index (χ4v) is 1.77. The normalized spacial score (nSPS) is 27.7. The van der Waals surface area contributed by atoms with Crippen LogP contribution in [-0.4, -0.2) is 35.3 Å². The lowest BCUT2D eigenvalue weighted by atomic mass is 10.1. The molecule has 2 rings (SSSR count). The Hall–Kier alpha value is -1.39. The molecule has 4 heteroatoms. The van der Waals surface area contributed by atoms with Crippen LogP contribution in [0.15, 0.2) is 35.1 Å². The molecule has 0 saturated carbocycles. The summed E-state index contributed by atoms with van der Waals surface area (Å²) in [5.74, 6) is -0.630. The van der Waals surface area contributed by atoms with Crippen LogP contribution in [-0.2, 0) is 9.53 Å². The van der Waals surface area contributed by atoms with E-state index in [1.54, 1.807) is 18.2 Å². The van der Waals surface area contributed by atoms with Gasteiger partial charge in [-0.3, -0.25) is 4.79 Å². The SMILES string of the molecule is O=C1C(O)=C2C=CCOC2/C1=C\CCO. The van der Waals surface area contributed by atoms with Gasteiger partial charge in [-0.2, -0.15) is 0 Å². The molecule has 0 amide bonds. The van der Waals surface area contributed by atoms with Crippen molar-refractivity contribution in [1.29, 1.82) is 0 Å². The average Bonchev–Trinajstić information content (AvgIpc) is 2.51. The van der Waals surface area contributed by atoms with Crippen LogP contribution < -0.4 is 0 Å². The van der Waals surface area contributed by atoms with Crippen molar-refractivity contribution in [2.24, 2.45) is 0 Å². The first-order chi connectivity index (χ1) is 7.25. The van der Waals surface area contributed by atoms with E-state index in [-0.39, 0.29) is 12.4 Å². The largest absolute Gasteiger partial charge is 0.504 e. The van der Waals surface area contributed by atoms with E-state index in [1.165, 1.54) is 0 Å². The van der Waals surface area contributed by atoms with Crippen molar-refractivity contribution < 1.29 is 19.7 Å². The summed E-state index contributed by atoms with van der Waals surface area (Å²) in [4.78, 5) is 11.6. The van der Waals surface area contributed by atoms with Crippen molar-refractivity contribution in [2.75, 3.05) is 13.2 Å². The second kappa shape index (κ2) is 4.00. The Morgan fingerprint density at radius 1 is 1.60 bits per heavy atom. The van der Waals surface area contributed by atoms with Crippen LogP contribution >= 0.6 is 0 Å². The molecule has 0 aromatic rings. The molecule has 2 aliphatic rings. The van der Waals surface area contributed by atoms with E-state index in [1.807, 2.05) is 0 Å². The molecule has 1 atom stereocenters. The first kappa shape index (κ1) is 10.1. The van der Waals surface area contributed by atoms with Crippen LogP contribution in [0.1, 0.15) is 6.42 Å². The highest BCUT2D eigenvalue weighted by atomic mass is 16.5. The van der Waals surface area contributed by atoms with Crippen LogP contribution in [0.2, 0.25) is 0 Å². The Labute approximate surface area is 87.2 Å². The molecule has 80 valence electrons. The van der Waals surface area contributed by atoms with Gasteiger partial charge in [-0.15, -0.1) is 0 Å². The third-order valence-corrected chi connectivity index (χ3v) is 2.47. The van der Waals surface area contributed by atoms with E-state index in [2.05, 4.69) is 0 Å². The molecule has 1 unspecified atom stereocenters. The van der Waals surface area contributed by atoms with Crippen LogP contribution in [0, 0.1) is 0 Å². The van der Waals surface area contributed by atoms with Crippen molar-refractivity contribution in [2.45, 2.75) is 12.5 Å². The maximum atomic E-state index is 11.6. The van der Waals surface area contributed by atoms with Gasteiger partial charge in [0.1, 0.15) is 6.10 Å². The van der Waals surface area contributed by atoms with Crippen LogP contribution in [0.4, 0.5) is 0 Å². The van der Waals surface area contributed by atoms with Crippen LogP contribution in [0.5, 0.6) is 0 Å². The predicted octanol–water partition coefficient (Wildman–Crippen LogP) is 0.645. The molecule has 0 bridgehead atoms. The van der Waals surface area contributed by atoms with Gasteiger partial charge in [0.25, 0.3) is 0 Å². The minimum Gasteiger partial charge on any atom is -0.504 e. The Balaban J connectivity index is 2.33. The zero-order valence-corrected chi connectivity index (χ0v) is 8.14. The summed E-state index contributed by atoms with van der Waals surface area (Å²) in [5.41, 5.74) is 0.955. The van der Waals surface area contributed by atoms with Gasteiger partial charge in [0.05, 0.1) is 6.61 Å². The molecule has 1 aliphatic carbocycles. The quantitative estimate of drug-likeness (QED) is 0.654. The molecule has 2 N–H and O–H groups in total. The molecular weight excluding hydrogens is 196 g/mol. The van der Waals surface area contributed by atoms with Gasteiger partial charge in [-0.05, 0) is 6.42 Å². The monoisotopic (exact) mass is 208 g/mol. The molecule has 15 heavy (non-hydrogen) atoms. The molecule has 0 aromatic heterocycles. The Kier molecular flexibility index (Phi) is 2.70. The van der Waals surface area contributed by atoms with Gasteiger partial charge >= 0.3 is 0 Å². The minimum absolute atomic E-state index is 0.0184. The molecule has 1 aliphatic heterocycles. The Morgan fingerprint density at radius 3 is 3.13 bits per heavy atom. The van der Waals surface area contributed by atoms with Crippen molar-refractivity contribution in [3.8, 4) is 0 Å². The lowest BCUT2D eigenvalue weighted by Crippen LogP contribution is -2.19. The molecule has 0 radical (unpaired) electrons. The molecule has 0 fully saturated rings. The van der Waals surface area contributed by atoms with Gasteiger partial charge in [0, 0.05) is 17.8 Å². The number of allylic oxidation sites excluding steroid dienone is 1. The van der Waals surface area contributed by atoms with Crippen molar-refractivity contribution >= 4 is 5.78 Å². The topological polar surface area (TPSA) is 66.8 Å². The van der Waals surface area contributed by atoms with E-state index >= 15 is 0 Å². The van der Waals surface area contributed by atoms with Gasteiger partial charge < -0.3 is 14.9 Å². The fraction of sp³-hybridized carbons (Fsp3) is 0.364. The summed E-state index contributed by atoms with van der Waals surface area (Å²) in [6, 6.07) is 0. The first-order valence-corrected chi connectivity index (χ1v) is 4.82. The number of carbonyl (C=O) groups is 1. The van der Waals surface area contributed by atoms with E-state index < -0.39 is 11.9 Å². The van der Waals surface area contributed by atoms with Crippen molar-refractivity contribution in [3.05, 3.63) is 35.1 Å². The number of ketones is 1. The summed E-state index contributed by atoms with van der Waals surface area (Å²) in [7, 11) is 0. The van der Waals surface area contributed by atoms with Crippen LogP contribution in [0.3, 0.4) is 0 Å². The van der Waals surface area contributed by atoms with E-state index in [0.717, 1.165) is 0 Å². The first-order valence-electron chi connectivity index (χ1n) is 4.82. The van der Waals surface area contributed by atoms with Crippen LogP contribution in [0.25, 0.3) is 0 Å². The third-order valence-electron chi connectivity index (χ3n) is 2.47. The van der Waals surface area contributed by atoms with Gasteiger partial charge in [-0.1, -0.05) is 18.2 Å². The Morgan fingerprint density at radius 2 is 2.40 bits per heavy atom. The maximum Gasteiger partial charge on any atom is 0.226 e. The highest BCUT2D eigenvalue weighted by Gasteiger charge is 2.37. The highest BCUT2D eigenvalue weighted by Crippen LogP contribution is 2.32. The van der Waals surface area contributed by atoms with Gasteiger partial charge in [0.2, 0.25) is 5.78 Å². The summed E-state index contributed by atoms with van der Waals surface area (Å²) < 4.78 is 5.38. The number of rotatable bonds is 2. The Bertz CT molecular complexity index is 376. The summed E-state index contributed by atoms with van der Waals surface area (Å²) in [5, 5.41) is 18.2. The fourth-order valence-electron chi connectivity index (χ4n) is 1.77. The number of hydrogen-bond donors (Lipinski definition) is 2. The van der Waals surface area contributed by atoms with E-state index in [0.29, 0.717) is 24.2 Å². The number of carbonyl (C=O) groups excluding carboxylic acids is 1. The zero-order chi connectivity index (χ0) is 10.8. The molecule has 0 saturated heterocycles. The molecule has 0 spiro atoms. The second-order valence-electron chi connectivity index (χ2n) is 3.42. The predicted molar refractivity (Wildman–Crippen MR) is 53.3 cm³/mol. The standard InChI is InChI=1S/C11H12O4/c12-5-1-3-7-9(13)10(14)8-4-2-6-15-11(7)8/h2-4,11-12,14H,1,5-6H2/b7-3-. The van der Waals surface area contributed by atoms with Gasteiger partial charge in [0.15, 0.2) is 5.76 Å². The number of hydrogen-bond acceptors (Lipinski definition) is 4. The third kappa shape index (κ3) is 1.62. The molecular formula is C11H12O4. The highest BCUT2D eigenvalue weighted by molar-refractivity contribution is 6.12. The number of aliphatic hydroxyl groups excluding tert-OH is 2. The van der Waals surface area contributed by atoms with E-state index in [4.69, 9.17) is 9.84 Å². The maximum absolute atomic E-state index is 11.6. The minimum atomic E-state index is -0.450. The number of aliphatic hydroxyl groups is 2. The molecule has 0 aromatic carbocycles. The lowest BCUT2D eigenvalue weighted by Gasteiger charge is -2.17. The van der Waals surface area contributed by atoms with Crippen molar-refractivity contribution in [1.82, 2.24) is 0 Å². The summed E-state index contributed by atoms with van der Waals surface area (Å²) in [6.45, 7) is 0.417. The average molecular weight is 208 g/mol. The summed E-state index contributed by atoms with van der Waals surface area (Å²) in [6.07, 6.45) is 5.03. The van der Waals surface area contributed by atoms with Gasteiger partial charge in [-0.25, -0.2) is 0 Å². The smallest absolute Gasteiger partial charge is 0.226 e. The zero-order valence-electron chi connectivity index (χ0n) is 8.14. The molecule has 1 heterocycles. The van der Waals surface area contributed by atoms with Crippen molar-refractivity contribution in [3.63, 3.8) is 0 Å². The number of fused-ring (bicyclic) bond motifs is 1. The number of Topliss-reactive ketones (excluding diaryl/α,β-unsaturated/α-hetero) is 1. The lowest BCUT2D eigenvalue weighted by molar-refractivity contribution is -0.114.